The van der Waals surface area contributed by atoms with Crippen LogP contribution in [0.1, 0.15) is 44.1 Å². The summed E-state index contributed by atoms with van der Waals surface area (Å²) in [6.45, 7) is -2.80. The van der Waals surface area contributed by atoms with Crippen LogP contribution in [0.25, 0.3) is 11.1 Å². The smallest absolute Gasteiger partial charge is 0.263 e. The number of hydrogen-bond donors (Lipinski definition) is 1. The number of carbonyl (C=O) groups is 2. The third-order valence-corrected chi connectivity index (χ3v) is 6.33. The van der Waals surface area contributed by atoms with Crippen LogP contribution in [0.4, 0.5) is 10.2 Å². The molecule has 0 spiro atoms. The number of primary amides is 1. The molecule has 34 heavy (non-hydrogen) atoms. The number of anilines is 1. The van der Waals surface area contributed by atoms with Crippen molar-refractivity contribution in [1.82, 2.24) is 4.98 Å². The molecule has 1 heterocycles. The lowest BCUT2D eigenvalue weighted by Gasteiger charge is -2.27. The van der Waals surface area contributed by atoms with Gasteiger partial charge in [-0.3, -0.25) is 14.5 Å². The van der Waals surface area contributed by atoms with Gasteiger partial charge in [-0.25, -0.2) is 9.37 Å². The molecule has 6 nitrogen and oxygen atoms in total. The average molecular weight is 505 g/mol. The van der Waals surface area contributed by atoms with Crippen molar-refractivity contribution in [2.75, 3.05) is 18.5 Å². The molecule has 9 heteroatoms. The highest BCUT2D eigenvalue weighted by Crippen LogP contribution is 2.36. The summed E-state index contributed by atoms with van der Waals surface area (Å²) < 4.78 is 44.7. The molecule has 0 bridgehead atoms. The second-order valence-corrected chi connectivity index (χ2v) is 8.76. The van der Waals surface area contributed by atoms with Crippen LogP contribution in [0, 0.1) is 11.7 Å². The molecule has 0 radical (unpaired) electrons. The van der Waals surface area contributed by atoms with Crippen LogP contribution in [0.3, 0.4) is 0 Å². The van der Waals surface area contributed by atoms with Crippen LogP contribution in [0.5, 0.6) is 5.75 Å². The number of aromatic nitrogens is 1. The van der Waals surface area contributed by atoms with Crippen LogP contribution in [-0.4, -0.2) is 30.4 Å². The molecule has 1 fully saturated rings. The highest BCUT2D eigenvalue weighted by molar-refractivity contribution is 6.34. The second-order valence-electron chi connectivity index (χ2n) is 7.95. The van der Waals surface area contributed by atoms with E-state index in [2.05, 4.69) is 4.98 Å². The molecule has 4 rings (SSSR count). The fourth-order valence-corrected chi connectivity index (χ4v) is 4.01. The van der Waals surface area contributed by atoms with Gasteiger partial charge in [-0.05, 0) is 55.2 Å². The van der Waals surface area contributed by atoms with Crippen molar-refractivity contribution in [3.63, 3.8) is 0 Å². The molecule has 1 saturated carbocycles. The van der Waals surface area contributed by atoms with Gasteiger partial charge in [0.25, 0.3) is 5.91 Å². The maximum Gasteiger partial charge on any atom is 0.263 e. The van der Waals surface area contributed by atoms with E-state index in [1.165, 1.54) is 42.6 Å². The van der Waals surface area contributed by atoms with Crippen molar-refractivity contribution in [2.24, 2.45) is 11.7 Å². The summed E-state index contributed by atoms with van der Waals surface area (Å²) in [6, 6.07) is 9.52. The molecule has 0 atom stereocenters. The minimum absolute atomic E-state index is 0.0260. The van der Waals surface area contributed by atoms with Gasteiger partial charge < -0.3 is 10.5 Å². The Bertz CT molecular complexity index is 1350. The Morgan fingerprint density at radius 3 is 2.68 bits per heavy atom. The van der Waals surface area contributed by atoms with Crippen molar-refractivity contribution in [1.29, 1.82) is 0 Å². The zero-order valence-corrected chi connectivity index (χ0v) is 19.4. The molecule has 1 aromatic heterocycles. The molecule has 2 aromatic carbocycles. The number of amides is 2. The average Bonchev–Trinajstić information content (AvgIpc) is 2.78. The van der Waals surface area contributed by atoms with Crippen molar-refractivity contribution in [3.8, 4) is 16.9 Å². The molecule has 2 amide bonds. The van der Waals surface area contributed by atoms with E-state index >= 15 is 0 Å². The lowest BCUT2D eigenvalue weighted by atomic mass is 9.86. The molecular weight excluding hydrogens is 480 g/mol. The summed E-state index contributed by atoms with van der Waals surface area (Å²) in [7, 11) is 0. The van der Waals surface area contributed by atoms with E-state index in [4.69, 9.17) is 37.8 Å². The summed E-state index contributed by atoms with van der Waals surface area (Å²) in [4.78, 5) is 29.7. The monoisotopic (exact) mass is 504 g/mol. The summed E-state index contributed by atoms with van der Waals surface area (Å²) in [6.07, 6.45) is 4.23. The van der Waals surface area contributed by atoms with Crippen LogP contribution in [0.15, 0.2) is 48.7 Å². The van der Waals surface area contributed by atoms with E-state index < -0.39 is 30.2 Å². The standard InChI is InChI=1S/C25H22Cl2FN3O3/c1-31(25(33)22-19(27)6-3-7-20(22)28)24-21(34-13-14-4-2-5-14)11-16(12-30-24)17-10-15(23(29)32)8-9-18(17)26/h3,6-12,14H,2,4-5,13H2,1H3,(H2,29,32)/i1D3. The van der Waals surface area contributed by atoms with Crippen molar-refractivity contribution < 1.29 is 22.8 Å². The molecule has 2 N–H and O–H groups in total. The Hall–Kier alpha value is -3.16. The number of rotatable bonds is 7. The molecule has 0 unspecified atom stereocenters. The number of halogens is 3. The van der Waals surface area contributed by atoms with Crippen LogP contribution in [0.2, 0.25) is 10.0 Å². The lowest BCUT2D eigenvalue weighted by Crippen LogP contribution is -2.29. The Morgan fingerprint density at radius 1 is 1.24 bits per heavy atom. The van der Waals surface area contributed by atoms with E-state index in [-0.39, 0.29) is 39.7 Å². The topological polar surface area (TPSA) is 85.5 Å². The van der Waals surface area contributed by atoms with Crippen molar-refractivity contribution in [2.45, 2.75) is 19.3 Å². The Balaban J connectivity index is 1.85. The third kappa shape index (κ3) is 4.86. The summed E-state index contributed by atoms with van der Waals surface area (Å²) in [5.41, 5.74) is 5.79. The van der Waals surface area contributed by atoms with Crippen molar-refractivity contribution >= 4 is 40.8 Å². The minimum Gasteiger partial charge on any atom is -0.489 e. The molecule has 3 aromatic rings. The largest absolute Gasteiger partial charge is 0.489 e. The second kappa shape index (κ2) is 9.99. The molecular formula is C25H22Cl2FN3O3. The van der Waals surface area contributed by atoms with Gasteiger partial charge in [0.15, 0.2) is 11.6 Å². The molecule has 0 aliphatic heterocycles. The quantitative estimate of drug-likeness (QED) is 0.443. The number of pyridine rings is 1. The van der Waals surface area contributed by atoms with E-state index in [9.17, 15) is 14.0 Å². The van der Waals surface area contributed by atoms with Gasteiger partial charge in [-0.1, -0.05) is 35.7 Å². The number of benzene rings is 2. The number of hydrogen-bond acceptors (Lipinski definition) is 4. The van der Waals surface area contributed by atoms with Gasteiger partial charge in [0.2, 0.25) is 5.91 Å². The van der Waals surface area contributed by atoms with Gasteiger partial charge in [0.05, 0.1) is 17.2 Å². The Kier molecular flexibility index (Phi) is 5.95. The SMILES string of the molecule is [2H]C([2H])([2H])N(C(=O)c1c(F)cccc1Cl)c1ncc(-c2cc(C(N)=O)ccc2Cl)cc1OCC1CCC1. The molecule has 0 saturated heterocycles. The Morgan fingerprint density at radius 2 is 2.03 bits per heavy atom. The van der Waals surface area contributed by atoms with E-state index in [0.717, 1.165) is 25.3 Å². The highest BCUT2D eigenvalue weighted by atomic mass is 35.5. The van der Waals surface area contributed by atoms with Crippen molar-refractivity contribution in [3.05, 3.63) is 75.7 Å². The number of nitrogens with two attached hydrogens (primary N) is 1. The minimum atomic E-state index is -3.06. The number of carbonyl (C=O) groups excluding carboxylic acids is 2. The number of nitrogens with zero attached hydrogens (tertiary/aromatic N) is 2. The lowest BCUT2D eigenvalue weighted by molar-refractivity contribution is 0.0983. The third-order valence-electron chi connectivity index (χ3n) is 5.69. The van der Waals surface area contributed by atoms with Gasteiger partial charge in [-0.2, -0.15) is 0 Å². The zero-order valence-electron chi connectivity index (χ0n) is 20.9. The maximum absolute atomic E-state index is 14.6. The summed E-state index contributed by atoms with van der Waals surface area (Å²) in [5, 5.41) is 0.0363. The van der Waals surface area contributed by atoms with Gasteiger partial charge >= 0.3 is 0 Å². The van der Waals surface area contributed by atoms with Crippen LogP contribution < -0.4 is 15.4 Å². The normalized spacial score (nSPS) is 15.0. The predicted octanol–water partition coefficient (Wildman–Crippen LogP) is 5.75. The summed E-state index contributed by atoms with van der Waals surface area (Å²) >= 11 is 12.4. The predicted molar refractivity (Wildman–Crippen MR) is 130 cm³/mol. The van der Waals surface area contributed by atoms with Gasteiger partial charge in [-0.15, -0.1) is 0 Å². The van der Waals surface area contributed by atoms with E-state index in [0.29, 0.717) is 16.0 Å². The van der Waals surface area contributed by atoms with Gasteiger partial charge in [0.1, 0.15) is 5.82 Å². The maximum atomic E-state index is 14.6. The Labute approximate surface area is 210 Å². The highest BCUT2D eigenvalue weighted by Gasteiger charge is 2.26. The molecule has 1 aliphatic carbocycles. The van der Waals surface area contributed by atoms with E-state index in [1.807, 2.05) is 0 Å². The molecule has 176 valence electrons. The van der Waals surface area contributed by atoms with Gasteiger partial charge in [0, 0.05) is 39.0 Å². The fraction of sp³-hybridized carbons (Fsp3) is 0.240. The first kappa shape index (κ1) is 20.2. The first-order valence-corrected chi connectivity index (χ1v) is 11.2. The van der Waals surface area contributed by atoms with Crippen LogP contribution >= 0.6 is 23.2 Å². The number of ether oxygens (including phenoxy) is 1. The molecule has 1 aliphatic rings. The van der Waals surface area contributed by atoms with Crippen LogP contribution in [-0.2, 0) is 0 Å². The van der Waals surface area contributed by atoms with E-state index in [1.54, 1.807) is 0 Å². The first-order chi connectivity index (χ1) is 17.5. The fourth-order valence-electron chi connectivity index (χ4n) is 3.54. The first-order valence-electron chi connectivity index (χ1n) is 12.0. The zero-order chi connectivity index (χ0) is 26.9. The summed E-state index contributed by atoms with van der Waals surface area (Å²) in [5.74, 6) is -2.95.